The minimum Gasteiger partial charge on any atom is -0.381 e. The Morgan fingerprint density at radius 1 is 1.57 bits per heavy atom. The van der Waals surface area contributed by atoms with Crippen LogP contribution in [0.5, 0.6) is 0 Å². The van der Waals surface area contributed by atoms with Crippen molar-refractivity contribution in [1.82, 2.24) is 5.43 Å². The number of carbonyl (C=O) groups excluding carboxylic acids is 1. The van der Waals surface area contributed by atoms with Gasteiger partial charge < -0.3 is 9.47 Å². The normalized spacial score (nSPS) is 13.8. The monoisotopic (exact) mass is 216 g/mol. The third kappa shape index (κ3) is 5.73. The second kappa shape index (κ2) is 5.78. The molecule has 8 heteroatoms. The number of alkyl halides is 3. The van der Waals surface area contributed by atoms with Crippen LogP contribution in [0, 0.1) is 0 Å². The summed E-state index contributed by atoms with van der Waals surface area (Å²) >= 11 is 0. The van der Waals surface area contributed by atoms with Crippen LogP contribution in [0.3, 0.4) is 0 Å². The van der Waals surface area contributed by atoms with Crippen molar-refractivity contribution in [3.8, 4) is 0 Å². The van der Waals surface area contributed by atoms with Gasteiger partial charge in [-0.2, -0.15) is 13.2 Å². The average molecular weight is 216 g/mol. The Bertz CT molecular complexity index is 186. The zero-order chi connectivity index (χ0) is 11.2. The van der Waals surface area contributed by atoms with Crippen LogP contribution in [0.1, 0.15) is 0 Å². The Kier molecular flexibility index (Phi) is 5.43. The number of ether oxygens (including phenoxy) is 2. The first-order valence-electron chi connectivity index (χ1n) is 3.58. The quantitative estimate of drug-likeness (QED) is 0.371. The molecule has 1 amide bonds. The Morgan fingerprint density at radius 3 is 2.50 bits per heavy atom. The largest absolute Gasteiger partial charge is 0.411 e. The number of halogens is 3. The van der Waals surface area contributed by atoms with Crippen molar-refractivity contribution in [3.63, 3.8) is 0 Å². The number of rotatable bonds is 5. The van der Waals surface area contributed by atoms with Crippen molar-refractivity contribution in [3.05, 3.63) is 0 Å². The molecule has 0 heterocycles. The number of methoxy groups -OCH3 is 1. The fourth-order valence-corrected chi connectivity index (χ4v) is 0.639. The van der Waals surface area contributed by atoms with Crippen LogP contribution in [-0.4, -0.2) is 38.5 Å². The number of carbonyl (C=O) groups is 1. The molecule has 0 aromatic heterocycles. The van der Waals surface area contributed by atoms with Gasteiger partial charge in [0.15, 0.2) is 6.10 Å². The van der Waals surface area contributed by atoms with Crippen LogP contribution >= 0.6 is 0 Å². The fourth-order valence-electron chi connectivity index (χ4n) is 0.639. The lowest BCUT2D eigenvalue weighted by Gasteiger charge is -2.16. The topological polar surface area (TPSA) is 73.6 Å². The molecule has 1 unspecified atom stereocenters. The summed E-state index contributed by atoms with van der Waals surface area (Å²) in [6.07, 6.45) is -5.84. The van der Waals surface area contributed by atoms with Gasteiger partial charge in [-0.1, -0.05) is 0 Å². The van der Waals surface area contributed by atoms with Crippen molar-refractivity contribution in [2.45, 2.75) is 12.3 Å². The Balaban J connectivity index is 4.03. The van der Waals surface area contributed by atoms with Gasteiger partial charge in [0.05, 0.1) is 6.61 Å². The van der Waals surface area contributed by atoms with Gasteiger partial charge in [0.2, 0.25) is 0 Å². The van der Waals surface area contributed by atoms with Gasteiger partial charge in [0.25, 0.3) is 5.91 Å². The molecule has 0 aliphatic carbocycles. The first-order chi connectivity index (χ1) is 6.40. The lowest BCUT2D eigenvalue weighted by molar-refractivity contribution is -0.191. The van der Waals surface area contributed by atoms with Gasteiger partial charge in [0.1, 0.15) is 6.61 Å². The maximum Gasteiger partial charge on any atom is 0.411 e. The summed E-state index contributed by atoms with van der Waals surface area (Å²) in [7, 11) is 1.23. The van der Waals surface area contributed by atoms with E-state index in [-0.39, 0.29) is 6.61 Å². The molecule has 0 aliphatic rings. The van der Waals surface area contributed by atoms with Crippen molar-refractivity contribution in [1.29, 1.82) is 0 Å². The Labute approximate surface area is 78.3 Å². The number of nitrogens with two attached hydrogens (primary N) is 1. The molecule has 0 fully saturated rings. The molecule has 3 N–H and O–H groups in total. The molecule has 0 spiro atoms. The molecule has 0 rings (SSSR count). The number of nitrogens with one attached hydrogen (secondary N) is 1. The molecule has 1 atom stereocenters. The highest BCUT2D eigenvalue weighted by Crippen LogP contribution is 2.15. The van der Waals surface area contributed by atoms with Crippen molar-refractivity contribution >= 4 is 5.91 Å². The Hall–Kier alpha value is -0.860. The molecule has 14 heavy (non-hydrogen) atoms. The van der Waals surface area contributed by atoms with E-state index in [0.717, 1.165) is 0 Å². The molecule has 84 valence electrons. The van der Waals surface area contributed by atoms with E-state index in [9.17, 15) is 18.0 Å². The average Bonchev–Trinajstić information content (AvgIpc) is 2.09. The molecular formula is C6H11F3N2O3. The highest BCUT2D eigenvalue weighted by Gasteiger charge is 2.31. The van der Waals surface area contributed by atoms with Crippen LogP contribution in [-0.2, 0) is 14.3 Å². The van der Waals surface area contributed by atoms with E-state index in [2.05, 4.69) is 9.47 Å². The van der Waals surface area contributed by atoms with E-state index in [4.69, 9.17) is 5.84 Å². The zero-order valence-corrected chi connectivity index (χ0v) is 7.43. The number of amides is 1. The number of hydrazine groups is 1. The van der Waals surface area contributed by atoms with E-state index in [1.165, 1.54) is 7.11 Å². The predicted octanol–water partition coefficient (Wildman–Crippen LogP) is -0.430. The van der Waals surface area contributed by atoms with E-state index in [1.54, 1.807) is 5.43 Å². The van der Waals surface area contributed by atoms with E-state index >= 15 is 0 Å². The molecule has 0 radical (unpaired) electrons. The van der Waals surface area contributed by atoms with Gasteiger partial charge in [-0.3, -0.25) is 10.2 Å². The number of hydrogen-bond donors (Lipinski definition) is 2. The zero-order valence-electron chi connectivity index (χ0n) is 7.43. The first-order valence-corrected chi connectivity index (χ1v) is 3.58. The summed E-state index contributed by atoms with van der Waals surface area (Å²) in [6, 6.07) is 0. The molecular weight excluding hydrogens is 205 g/mol. The van der Waals surface area contributed by atoms with Crippen LogP contribution < -0.4 is 11.3 Å². The van der Waals surface area contributed by atoms with Gasteiger partial charge in [0, 0.05) is 7.11 Å². The lowest BCUT2D eigenvalue weighted by Crippen LogP contribution is -2.44. The van der Waals surface area contributed by atoms with Crippen LogP contribution in [0.15, 0.2) is 0 Å². The second-order valence-electron chi connectivity index (χ2n) is 2.38. The third-order valence-corrected chi connectivity index (χ3v) is 1.20. The summed E-state index contributed by atoms with van der Waals surface area (Å²) in [4.78, 5) is 10.8. The first kappa shape index (κ1) is 13.1. The molecule has 0 bridgehead atoms. The maximum absolute atomic E-state index is 11.7. The third-order valence-electron chi connectivity index (χ3n) is 1.20. The maximum atomic E-state index is 11.7. The Morgan fingerprint density at radius 2 is 2.14 bits per heavy atom. The summed E-state index contributed by atoms with van der Waals surface area (Å²) in [5, 5.41) is 0. The van der Waals surface area contributed by atoms with Gasteiger partial charge in [-0.25, -0.2) is 5.84 Å². The molecule has 5 nitrogen and oxygen atoms in total. The van der Waals surface area contributed by atoms with E-state index in [1.807, 2.05) is 0 Å². The minimum atomic E-state index is -4.49. The van der Waals surface area contributed by atoms with E-state index < -0.39 is 24.8 Å². The van der Waals surface area contributed by atoms with Crippen LogP contribution in [0.4, 0.5) is 13.2 Å². The number of hydrogen-bond acceptors (Lipinski definition) is 4. The van der Waals surface area contributed by atoms with Crippen molar-refractivity contribution in [2.75, 3.05) is 20.3 Å². The van der Waals surface area contributed by atoms with E-state index in [0.29, 0.717) is 0 Å². The van der Waals surface area contributed by atoms with Crippen molar-refractivity contribution in [2.24, 2.45) is 5.84 Å². The molecule has 0 saturated heterocycles. The van der Waals surface area contributed by atoms with Crippen molar-refractivity contribution < 1.29 is 27.4 Å². The lowest BCUT2D eigenvalue weighted by atomic mass is 10.3. The molecule has 0 aromatic rings. The van der Waals surface area contributed by atoms with Gasteiger partial charge >= 0.3 is 6.18 Å². The second-order valence-corrected chi connectivity index (χ2v) is 2.38. The molecule has 0 aliphatic heterocycles. The minimum absolute atomic E-state index is 0.293. The predicted molar refractivity (Wildman–Crippen MR) is 40.0 cm³/mol. The summed E-state index contributed by atoms with van der Waals surface area (Å²) in [5.41, 5.74) is 1.67. The van der Waals surface area contributed by atoms with Gasteiger partial charge in [-0.05, 0) is 0 Å². The standard InChI is InChI=1S/C6H11F3N2O3/c1-13-2-4(5(12)11-10)14-3-6(7,8)9/h4H,2-3,10H2,1H3,(H,11,12). The summed E-state index contributed by atoms with van der Waals surface area (Å²) < 4.78 is 43.8. The van der Waals surface area contributed by atoms with Gasteiger partial charge in [-0.15, -0.1) is 0 Å². The molecule has 0 saturated carbocycles. The van der Waals surface area contributed by atoms with Crippen LogP contribution in [0.25, 0.3) is 0 Å². The molecule has 0 aromatic carbocycles. The van der Waals surface area contributed by atoms with Crippen LogP contribution in [0.2, 0.25) is 0 Å². The fraction of sp³-hybridized carbons (Fsp3) is 0.833. The highest BCUT2D eigenvalue weighted by atomic mass is 19.4. The summed E-state index contributed by atoms with van der Waals surface area (Å²) in [6.45, 7) is -1.81. The smallest absolute Gasteiger partial charge is 0.381 e. The summed E-state index contributed by atoms with van der Waals surface area (Å²) in [5.74, 6) is 3.86. The SMILES string of the molecule is COCC(OCC(F)(F)F)C(=O)NN. The highest BCUT2D eigenvalue weighted by molar-refractivity contribution is 5.80.